The first-order valence-corrected chi connectivity index (χ1v) is 10.0. The van der Waals surface area contributed by atoms with Crippen LogP contribution in [0, 0.1) is 0 Å². The summed E-state index contributed by atoms with van der Waals surface area (Å²) in [5, 5.41) is 3.05. The Balaban J connectivity index is 1.65. The van der Waals surface area contributed by atoms with Crippen molar-refractivity contribution in [2.75, 3.05) is 41.0 Å². The molecule has 0 bridgehead atoms. The van der Waals surface area contributed by atoms with Gasteiger partial charge in [-0.15, -0.1) is 0 Å². The van der Waals surface area contributed by atoms with Gasteiger partial charge in [0.1, 0.15) is 18.1 Å². The van der Waals surface area contributed by atoms with Crippen LogP contribution in [0.3, 0.4) is 0 Å². The average Bonchev–Trinajstić information content (AvgIpc) is 3.26. The van der Waals surface area contributed by atoms with Crippen LogP contribution in [0.15, 0.2) is 48.5 Å². The van der Waals surface area contributed by atoms with Crippen LogP contribution in [-0.2, 0) is 4.74 Å². The summed E-state index contributed by atoms with van der Waals surface area (Å²) in [6.45, 7) is 1.72. The van der Waals surface area contributed by atoms with E-state index in [1.54, 1.807) is 13.2 Å². The van der Waals surface area contributed by atoms with Gasteiger partial charge in [-0.1, -0.05) is 24.3 Å². The molecule has 1 heterocycles. The Morgan fingerprint density at radius 3 is 2.79 bits per heavy atom. The van der Waals surface area contributed by atoms with E-state index in [1.807, 2.05) is 56.6 Å². The molecule has 1 aliphatic rings. The zero-order chi connectivity index (χ0) is 20.6. The lowest BCUT2D eigenvalue weighted by atomic mass is 10.1. The number of nitrogens with one attached hydrogen (secondary N) is 1. The maximum absolute atomic E-state index is 12.9. The Morgan fingerprint density at radius 2 is 2.07 bits per heavy atom. The molecule has 3 rings (SSSR count). The van der Waals surface area contributed by atoms with Crippen LogP contribution in [0.1, 0.15) is 34.8 Å². The molecule has 0 aliphatic carbocycles. The predicted molar refractivity (Wildman–Crippen MR) is 113 cm³/mol. The maximum atomic E-state index is 12.9. The van der Waals surface area contributed by atoms with Crippen LogP contribution in [0.5, 0.6) is 11.5 Å². The van der Waals surface area contributed by atoms with Crippen LogP contribution < -0.4 is 14.8 Å². The van der Waals surface area contributed by atoms with Crippen molar-refractivity contribution in [3.8, 4) is 11.5 Å². The standard InChI is InChI=1S/C23H30N2O4/c1-25(2)21(17-8-6-9-18(14-17)27-3)15-24-23(26)20-11-4-5-12-22(20)29-16-19-10-7-13-28-19/h4-6,8-9,11-12,14,19,21H,7,10,13,15-16H2,1-3H3,(H,24,26). The van der Waals surface area contributed by atoms with Crippen molar-refractivity contribution < 1.29 is 19.0 Å². The summed E-state index contributed by atoms with van der Waals surface area (Å²) < 4.78 is 16.8. The molecule has 2 aromatic rings. The Morgan fingerprint density at radius 1 is 1.24 bits per heavy atom. The molecule has 1 fully saturated rings. The highest BCUT2D eigenvalue weighted by molar-refractivity contribution is 5.96. The van der Waals surface area contributed by atoms with Crippen LogP contribution in [0.2, 0.25) is 0 Å². The maximum Gasteiger partial charge on any atom is 0.255 e. The van der Waals surface area contributed by atoms with Crippen molar-refractivity contribution in [1.29, 1.82) is 0 Å². The molecular weight excluding hydrogens is 368 g/mol. The number of hydrogen-bond acceptors (Lipinski definition) is 5. The summed E-state index contributed by atoms with van der Waals surface area (Å²) in [5.74, 6) is 1.24. The molecule has 6 heteroatoms. The van der Waals surface area contributed by atoms with Crippen molar-refractivity contribution in [3.05, 3.63) is 59.7 Å². The normalized spacial score (nSPS) is 17.2. The molecule has 1 aliphatic heterocycles. The topological polar surface area (TPSA) is 60.0 Å². The Kier molecular flexibility index (Phi) is 7.49. The van der Waals surface area contributed by atoms with Crippen LogP contribution in [0.25, 0.3) is 0 Å². The number of hydrogen-bond donors (Lipinski definition) is 1. The Labute approximate surface area is 172 Å². The third-order valence-electron chi connectivity index (χ3n) is 5.14. The number of benzene rings is 2. The van der Waals surface area contributed by atoms with Gasteiger partial charge in [0.2, 0.25) is 0 Å². The third-order valence-corrected chi connectivity index (χ3v) is 5.14. The van der Waals surface area contributed by atoms with Gasteiger partial charge >= 0.3 is 0 Å². The molecule has 0 aromatic heterocycles. The molecule has 2 atom stereocenters. The van der Waals surface area contributed by atoms with E-state index in [9.17, 15) is 4.79 Å². The second kappa shape index (κ2) is 10.3. The molecule has 0 radical (unpaired) electrons. The molecule has 2 unspecified atom stereocenters. The van der Waals surface area contributed by atoms with Gasteiger partial charge in [-0.05, 0) is 56.8 Å². The van der Waals surface area contributed by atoms with E-state index in [0.29, 0.717) is 24.5 Å². The van der Waals surface area contributed by atoms with E-state index in [-0.39, 0.29) is 18.1 Å². The van der Waals surface area contributed by atoms with Gasteiger partial charge in [0.05, 0.1) is 24.8 Å². The van der Waals surface area contributed by atoms with E-state index >= 15 is 0 Å². The first-order chi connectivity index (χ1) is 14.1. The first-order valence-electron chi connectivity index (χ1n) is 10.0. The zero-order valence-corrected chi connectivity index (χ0v) is 17.4. The summed E-state index contributed by atoms with van der Waals surface area (Å²) in [7, 11) is 5.64. The summed E-state index contributed by atoms with van der Waals surface area (Å²) in [4.78, 5) is 15.0. The zero-order valence-electron chi connectivity index (χ0n) is 17.4. The minimum atomic E-state index is -0.150. The van der Waals surface area contributed by atoms with E-state index in [1.165, 1.54) is 0 Å². The van der Waals surface area contributed by atoms with Crippen molar-refractivity contribution in [3.63, 3.8) is 0 Å². The molecular formula is C23H30N2O4. The van der Waals surface area contributed by atoms with Crippen LogP contribution >= 0.6 is 0 Å². The van der Waals surface area contributed by atoms with E-state index in [4.69, 9.17) is 14.2 Å². The summed E-state index contributed by atoms with van der Waals surface area (Å²) in [5.41, 5.74) is 1.62. The SMILES string of the molecule is COc1cccc(C(CNC(=O)c2ccccc2OCC2CCCO2)N(C)C)c1. The molecule has 1 amide bonds. The van der Waals surface area contributed by atoms with Gasteiger partial charge in [-0.25, -0.2) is 0 Å². The molecule has 6 nitrogen and oxygen atoms in total. The van der Waals surface area contributed by atoms with Gasteiger partial charge in [-0.3, -0.25) is 4.79 Å². The summed E-state index contributed by atoms with van der Waals surface area (Å²) in [6, 6.07) is 15.3. The quantitative estimate of drug-likeness (QED) is 0.702. The molecule has 2 aromatic carbocycles. The number of nitrogens with zero attached hydrogens (tertiary/aromatic N) is 1. The second-order valence-corrected chi connectivity index (χ2v) is 7.41. The fourth-order valence-electron chi connectivity index (χ4n) is 3.47. The lowest BCUT2D eigenvalue weighted by molar-refractivity contribution is 0.0670. The highest BCUT2D eigenvalue weighted by Gasteiger charge is 2.20. The number of ether oxygens (including phenoxy) is 3. The number of carbonyl (C=O) groups is 1. The van der Waals surface area contributed by atoms with Crippen LogP contribution in [0.4, 0.5) is 0 Å². The summed E-state index contributed by atoms with van der Waals surface area (Å²) >= 11 is 0. The fraction of sp³-hybridized carbons (Fsp3) is 0.435. The summed E-state index contributed by atoms with van der Waals surface area (Å²) in [6.07, 6.45) is 2.17. The third kappa shape index (κ3) is 5.71. The number of para-hydroxylation sites is 1. The molecule has 156 valence electrons. The van der Waals surface area contributed by atoms with Crippen molar-refractivity contribution in [2.24, 2.45) is 0 Å². The van der Waals surface area contributed by atoms with Gasteiger partial charge in [0.15, 0.2) is 0 Å². The van der Waals surface area contributed by atoms with Crippen molar-refractivity contribution >= 4 is 5.91 Å². The van der Waals surface area contributed by atoms with Gasteiger partial charge < -0.3 is 24.4 Å². The number of methoxy groups -OCH3 is 1. The van der Waals surface area contributed by atoms with Gasteiger partial charge in [0.25, 0.3) is 5.91 Å². The van der Waals surface area contributed by atoms with E-state index in [2.05, 4.69) is 10.2 Å². The molecule has 0 spiro atoms. The van der Waals surface area contributed by atoms with Crippen molar-refractivity contribution in [1.82, 2.24) is 10.2 Å². The second-order valence-electron chi connectivity index (χ2n) is 7.41. The average molecular weight is 399 g/mol. The number of rotatable bonds is 9. The fourth-order valence-corrected chi connectivity index (χ4v) is 3.47. The Hall–Kier alpha value is -2.57. The lowest BCUT2D eigenvalue weighted by Gasteiger charge is -2.25. The van der Waals surface area contributed by atoms with Gasteiger partial charge in [-0.2, -0.15) is 0 Å². The minimum absolute atomic E-state index is 0.0222. The molecule has 29 heavy (non-hydrogen) atoms. The predicted octanol–water partition coefficient (Wildman–Crippen LogP) is 3.29. The van der Waals surface area contributed by atoms with Gasteiger partial charge in [0, 0.05) is 13.2 Å². The van der Waals surface area contributed by atoms with E-state index in [0.717, 1.165) is 30.8 Å². The number of likely N-dealkylation sites (N-methyl/N-ethyl adjacent to an activating group) is 1. The minimum Gasteiger partial charge on any atom is -0.497 e. The number of carbonyl (C=O) groups excluding carboxylic acids is 1. The Bertz CT molecular complexity index is 803. The highest BCUT2D eigenvalue weighted by Crippen LogP contribution is 2.23. The molecule has 0 saturated carbocycles. The largest absolute Gasteiger partial charge is 0.497 e. The van der Waals surface area contributed by atoms with Crippen molar-refractivity contribution in [2.45, 2.75) is 25.0 Å². The molecule has 1 saturated heterocycles. The monoisotopic (exact) mass is 398 g/mol. The van der Waals surface area contributed by atoms with E-state index < -0.39 is 0 Å². The van der Waals surface area contributed by atoms with Crippen LogP contribution in [-0.4, -0.2) is 57.9 Å². The molecule has 1 N–H and O–H groups in total. The lowest BCUT2D eigenvalue weighted by Crippen LogP contribution is -2.34. The first kappa shape index (κ1) is 21.1. The smallest absolute Gasteiger partial charge is 0.255 e. The number of amides is 1. The highest BCUT2D eigenvalue weighted by atomic mass is 16.5.